The maximum atomic E-state index is 12.5. The first kappa shape index (κ1) is 16.3. The molecule has 3 rings (SSSR count). The summed E-state index contributed by atoms with van der Waals surface area (Å²) in [5, 5.41) is 1.17. The number of hydrogen-bond acceptors (Lipinski definition) is 3. The molecule has 118 valence electrons. The Morgan fingerprint density at radius 3 is 2.65 bits per heavy atom. The van der Waals surface area contributed by atoms with Crippen molar-refractivity contribution in [3.63, 3.8) is 0 Å². The molecule has 1 aromatic heterocycles. The average molecular weight is 414 g/mol. The summed E-state index contributed by atoms with van der Waals surface area (Å²) in [4.78, 5) is 16.7. The third-order valence-corrected chi connectivity index (χ3v) is 4.30. The number of fused-ring (bicyclic) bond motifs is 1. The molecule has 23 heavy (non-hydrogen) atoms. The van der Waals surface area contributed by atoms with Gasteiger partial charge in [0, 0.05) is 9.50 Å². The van der Waals surface area contributed by atoms with Crippen molar-refractivity contribution in [1.29, 1.82) is 0 Å². The molecule has 0 N–H and O–H groups in total. The lowest BCUT2D eigenvalue weighted by Crippen LogP contribution is -2.23. The molecule has 0 amide bonds. The van der Waals surface area contributed by atoms with Crippen molar-refractivity contribution in [2.45, 2.75) is 6.54 Å². The molecule has 0 aliphatic rings. The van der Waals surface area contributed by atoms with Gasteiger partial charge >= 0.3 is 0 Å². The standard InChI is InChI=1S/C16H11BrCl2N2O2/c17-10-1-3-12(4-2-10)23-6-5-21-9-20-15-13(16(21)22)7-11(18)8-14(15)19/h1-4,7-9H,5-6H2. The third-order valence-electron chi connectivity index (χ3n) is 3.26. The van der Waals surface area contributed by atoms with Crippen molar-refractivity contribution < 1.29 is 4.74 Å². The van der Waals surface area contributed by atoms with Crippen LogP contribution in [0.25, 0.3) is 10.9 Å². The van der Waals surface area contributed by atoms with E-state index in [0.29, 0.717) is 34.1 Å². The highest BCUT2D eigenvalue weighted by molar-refractivity contribution is 9.10. The van der Waals surface area contributed by atoms with Crippen molar-refractivity contribution in [1.82, 2.24) is 9.55 Å². The van der Waals surface area contributed by atoms with Crippen LogP contribution in [-0.2, 0) is 6.54 Å². The molecule has 0 fully saturated rings. The number of hydrogen-bond donors (Lipinski definition) is 0. The summed E-state index contributed by atoms with van der Waals surface area (Å²) < 4.78 is 8.08. The minimum atomic E-state index is -0.196. The van der Waals surface area contributed by atoms with Crippen LogP contribution in [0.4, 0.5) is 0 Å². The van der Waals surface area contributed by atoms with Gasteiger partial charge in [0.1, 0.15) is 12.4 Å². The van der Waals surface area contributed by atoms with E-state index in [2.05, 4.69) is 20.9 Å². The van der Waals surface area contributed by atoms with Gasteiger partial charge in [-0.05, 0) is 36.4 Å². The van der Waals surface area contributed by atoms with E-state index < -0.39 is 0 Å². The van der Waals surface area contributed by atoms with Gasteiger partial charge in [-0.3, -0.25) is 9.36 Å². The second-order valence-corrected chi connectivity index (χ2v) is 6.59. The fourth-order valence-corrected chi connectivity index (χ4v) is 2.95. The van der Waals surface area contributed by atoms with Gasteiger partial charge in [0.25, 0.3) is 5.56 Å². The van der Waals surface area contributed by atoms with Crippen molar-refractivity contribution in [2.24, 2.45) is 0 Å². The van der Waals surface area contributed by atoms with Crippen LogP contribution in [0.2, 0.25) is 10.0 Å². The zero-order valence-electron chi connectivity index (χ0n) is 11.8. The quantitative estimate of drug-likeness (QED) is 0.630. The van der Waals surface area contributed by atoms with E-state index >= 15 is 0 Å². The Labute approximate surface area is 150 Å². The summed E-state index contributed by atoms with van der Waals surface area (Å²) in [6.45, 7) is 0.727. The van der Waals surface area contributed by atoms with Crippen LogP contribution in [-0.4, -0.2) is 16.2 Å². The van der Waals surface area contributed by atoms with Gasteiger partial charge in [-0.25, -0.2) is 4.98 Å². The summed E-state index contributed by atoms with van der Waals surface area (Å²) in [5.74, 6) is 0.737. The first-order valence-corrected chi connectivity index (χ1v) is 8.32. The number of ether oxygens (including phenoxy) is 1. The lowest BCUT2D eigenvalue weighted by Gasteiger charge is -2.09. The van der Waals surface area contributed by atoms with Crippen molar-refractivity contribution in [2.75, 3.05) is 6.61 Å². The van der Waals surface area contributed by atoms with Crippen LogP contribution < -0.4 is 10.3 Å². The van der Waals surface area contributed by atoms with Crippen LogP contribution in [0.15, 0.2) is 52.0 Å². The SMILES string of the molecule is O=c1c2cc(Cl)cc(Cl)c2ncn1CCOc1ccc(Br)cc1. The van der Waals surface area contributed by atoms with Crippen LogP contribution in [0, 0.1) is 0 Å². The largest absolute Gasteiger partial charge is 0.492 e. The summed E-state index contributed by atoms with van der Waals surface area (Å²) in [6, 6.07) is 10.6. The molecule has 0 aliphatic heterocycles. The average Bonchev–Trinajstić information content (AvgIpc) is 2.52. The Kier molecular flexibility index (Phi) is 4.90. The number of rotatable bonds is 4. The Bertz CT molecular complexity index is 910. The number of nitrogens with zero attached hydrogens (tertiary/aromatic N) is 2. The predicted octanol–water partition coefficient (Wildman–Crippen LogP) is 4.54. The van der Waals surface area contributed by atoms with Gasteiger partial charge in [0.05, 0.1) is 28.8 Å². The van der Waals surface area contributed by atoms with E-state index in [4.69, 9.17) is 27.9 Å². The zero-order chi connectivity index (χ0) is 16.4. The van der Waals surface area contributed by atoms with E-state index in [0.717, 1.165) is 10.2 Å². The first-order valence-electron chi connectivity index (χ1n) is 6.77. The minimum absolute atomic E-state index is 0.196. The second-order valence-electron chi connectivity index (χ2n) is 4.83. The Hall–Kier alpha value is -1.56. The highest BCUT2D eigenvalue weighted by Gasteiger charge is 2.09. The summed E-state index contributed by atoms with van der Waals surface area (Å²) in [6.07, 6.45) is 1.47. The zero-order valence-corrected chi connectivity index (χ0v) is 14.9. The molecule has 0 bridgehead atoms. The topological polar surface area (TPSA) is 44.1 Å². The maximum Gasteiger partial charge on any atom is 0.261 e. The van der Waals surface area contributed by atoms with Crippen molar-refractivity contribution in [3.8, 4) is 5.75 Å². The monoisotopic (exact) mass is 412 g/mol. The van der Waals surface area contributed by atoms with Crippen LogP contribution in [0.3, 0.4) is 0 Å². The first-order chi connectivity index (χ1) is 11.0. The van der Waals surface area contributed by atoms with E-state index in [9.17, 15) is 4.79 Å². The highest BCUT2D eigenvalue weighted by atomic mass is 79.9. The summed E-state index contributed by atoms with van der Waals surface area (Å²) >= 11 is 15.4. The number of halogens is 3. The molecule has 0 radical (unpaired) electrons. The van der Waals surface area contributed by atoms with Gasteiger partial charge in [0.15, 0.2) is 0 Å². The summed E-state index contributed by atoms with van der Waals surface area (Å²) in [5.41, 5.74) is 0.255. The Balaban J connectivity index is 1.79. The maximum absolute atomic E-state index is 12.5. The molecule has 0 spiro atoms. The smallest absolute Gasteiger partial charge is 0.261 e. The Morgan fingerprint density at radius 2 is 1.91 bits per heavy atom. The molecule has 1 heterocycles. The fraction of sp³-hybridized carbons (Fsp3) is 0.125. The van der Waals surface area contributed by atoms with Crippen LogP contribution in [0.5, 0.6) is 5.75 Å². The van der Waals surface area contributed by atoms with Gasteiger partial charge in [-0.15, -0.1) is 0 Å². The third kappa shape index (κ3) is 3.68. The number of benzene rings is 2. The molecule has 0 atom stereocenters. The summed E-state index contributed by atoms with van der Waals surface area (Å²) in [7, 11) is 0. The van der Waals surface area contributed by atoms with Gasteiger partial charge in [0.2, 0.25) is 0 Å². The molecular formula is C16H11BrCl2N2O2. The van der Waals surface area contributed by atoms with Gasteiger partial charge < -0.3 is 4.74 Å². The van der Waals surface area contributed by atoms with Gasteiger partial charge in [-0.1, -0.05) is 39.1 Å². The number of aromatic nitrogens is 2. The molecule has 4 nitrogen and oxygen atoms in total. The van der Waals surface area contributed by atoms with Crippen molar-refractivity contribution in [3.05, 3.63) is 67.6 Å². The Morgan fingerprint density at radius 1 is 1.17 bits per heavy atom. The lowest BCUT2D eigenvalue weighted by molar-refractivity contribution is 0.296. The molecular weight excluding hydrogens is 403 g/mol. The molecule has 0 aliphatic carbocycles. The van der Waals surface area contributed by atoms with Gasteiger partial charge in [-0.2, -0.15) is 0 Å². The second kappa shape index (κ2) is 6.91. The normalized spacial score (nSPS) is 10.9. The minimum Gasteiger partial charge on any atom is -0.492 e. The fourth-order valence-electron chi connectivity index (χ4n) is 2.15. The van der Waals surface area contributed by atoms with E-state index in [1.165, 1.54) is 10.9 Å². The molecule has 7 heteroatoms. The highest BCUT2D eigenvalue weighted by Crippen LogP contribution is 2.24. The van der Waals surface area contributed by atoms with E-state index in [1.54, 1.807) is 12.1 Å². The molecule has 2 aromatic carbocycles. The molecule has 3 aromatic rings. The molecule has 0 saturated heterocycles. The predicted molar refractivity (Wildman–Crippen MR) is 95.7 cm³/mol. The lowest BCUT2D eigenvalue weighted by atomic mass is 10.2. The molecule has 0 saturated carbocycles. The van der Waals surface area contributed by atoms with Crippen LogP contribution in [0.1, 0.15) is 0 Å². The van der Waals surface area contributed by atoms with E-state index in [-0.39, 0.29) is 5.56 Å². The van der Waals surface area contributed by atoms with Crippen molar-refractivity contribution >= 4 is 50.0 Å². The molecule has 0 unspecified atom stereocenters. The van der Waals surface area contributed by atoms with Crippen LogP contribution >= 0.6 is 39.1 Å². The van der Waals surface area contributed by atoms with E-state index in [1.807, 2.05) is 24.3 Å².